The van der Waals surface area contributed by atoms with Gasteiger partial charge >= 0.3 is 0 Å². The molecule has 1 aliphatic rings. The van der Waals surface area contributed by atoms with Gasteiger partial charge in [0, 0.05) is 29.4 Å². The van der Waals surface area contributed by atoms with E-state index in [0.717, 1.165) is 50.0 Å². The molecule has 5 nitrogen and oxygen atoms in total. The summed E-state index contributed by atoms with van der Waals surface area (Å²) in [6.07, 6.45) is 3.94. The Morgan fingerprint density at radius 2 is 1.71 bits per heavy atom. The summed E-state index contributed by atoms with van der Waals surface area (Å²) in [4.78, 5) is 3.59. The highest BCUT2D eigenvalue weighted by Gasteiger charge is 2.15. The van der Waals surface area contributed by atoms with E-state index in [2.05, 4.69) is 28.4 Å². The number of phenols is 1. The predicted molar refractivity (Wildman–Crippen MR) is 141 cm³/mol. The maximum absolute atomic E-state index is 9.95. The van der Waals surface area contributed by atoms with Crippen LogP contribution in [0.3, 0.4) is 0 Å². The number of hydrogen-bond donors (Lipinski definition) is 2. The second-order valence-corrected chi connectivity index (χ2v) is 9.67. The molecule has 34 heavy (non-hydrogen) atoms. The van der Waals surface area contributed by atoms with Crippen LogP contribution in [0.1, 0.15) is 19.3 Å². The molecule has 0 amide bonds. The van der Waals surface area contributed by atoms with Crippen LogP contribution in [0.4, 0.5) is 5.00 Å². The number of nitrogens with zero attached hydrogens (tertiary/aromatic N) is 1. The van der Waals surface area contributed by atoms with Gasteiger partial charge in [-0.2, -0.15) is 0 Å². The van der Waals surface area contributed by atoms with E-state index in [9.17, 15) is 5.11 Å². The lowest BCUT2D eigenvalue weighted by Gasteiger charge is -2.26. The number of piperidine rings is 1. The number of anilines is 1. The lowest BCUT2D eigenvalue weighted by atomic mass is 10.0. The highest BCUT2D eigenvalue weighted by atomic mass is 32.1. The molecule has 2 heterocycles. The van der Waals surface area contributed by atoms with Gasteiger partial charge in [-0.25, -0.2) is 0 Å². The Morgan fingerprint density at radius 1 is 0.912 bits per heavy atom. The van der Waals surface area contributed by atoms with Gasteiger partial charge in [-0.1, -0.05) is 12.5 Å². The Hall–Kier alpha value is -3.22. The molecule has 176 valence electrons. The monoisotopic (exact) mass is 474 g/mol. The lowest BCUT2D eigenvalue weighted by Crippen LogP contribution is -2.33. The summed E-state index contributed by atoms with van der Waals surface area (Å²) in [6, 6.07) is 21.5. The minimum atomic E-state index is 0.242. The molecular weight excluding hydrogens is 444 g/mol. The van der Waals surface area contributed by atoms with Crippen LogP contribution < -0.4 is 14.8 Å². The Balaban J connectivity index is 1.36. The summed E-state index contributed by atoms with van der Waals surface area (Å²) in [7, 11) is 1.92. The van der Waals surface area contributed by atoms with Gasteiger partial charge in [0.15, 0.2) is 0 Å². The molecule has 0 atom stereocenters. The van der Waals surface area contributed by atoms with E-state index in [1.807, 2.05) is 43.4 Å². The number of phenolic OH excluding ortho intramolecular Hbond substituents is 1. The third-order valence-corrected chi connectivity index (χ3v) is 7.38. The first-order chi connectivity index (χ1) is 16.7. The molecule has 1 fully saturated rings. The van der Waals surface area contributed by atoms with E-state index in [4.69, 9.17) is 9.47 Å². The van der Waals surface area contributed by atoms with Crippen molar-refractivity contribution in [3.8, 4) is 33.4 Å². The average Bonchev–Trinajstić information content (AvgIpc) is 3.35. The standard InChI is InChI=1S/C28H30N2O3S/c1-29-27-14-13-26(34-27)25-11-5-20-19-21(31)6-12-24(20)28(25)33-23-9-7-22(8-10-23)32-18-17-30-15-3-2-4-16-30/h5-14,19,29,31H,2-4,15-18H2,1H3. The number of nitrogens with one attached hydrogen (secondary N) is 1. The van der Waals surface area contributed by atoms with Gasteiger partial charge in [0.05, 0.1) is 5.00 Å². The average molecular weight is 475 g/mol. The first-order valence-corrected chi connectivity index (χ1v) is 12.7. The van der Waals surface area contributed by atoms with Gasteiger partial charge < -0.3 is 19.9 Å². The zero-order chi connectivity index (χ0) is 23.3. The summed E-state index contributed by atoms with van der Waals surface area (Å²) in [5.74, 6) is 2.62. The van der Waals surface area contributed by atoms with Crippen molar-refractivity contribution in [1.82, 2.24) is 4.90 Å². The fraction of sp³-hybridized carbons (Fsp3) is 0.286. The second kappa shape index (κ2) is 10.4. The van der Waals surface area contributed by atoms with Crippen LogP contribution in [-0.4, -0.2) is 43.3 Å². The third-order valence-electron chi connectivity index (χ3n) is 6.24. The molecule has 1 saturated heterocycles. The first-order valence-electron chi connectivity index (χ1n) is 11.9. The Bertz CT molecular complexity index is 1250. The van der Waals surface area contributed by atoms with Crippen molar-refractivity contribution in [2.24, 2.45) is 0 Å². The van der Waals surface area contributed by atoms with E-state index in [-0.39, 0.29) is 5.75 Å². The molecule has 1 aromatic heterocycles. The summed E-state index contributed by atoms with van der Waals surface area (Å²) in [5.41, 5.74) is 1.02. The fourth-order valence-corrected chi connectivity index (χ4v) is 5.29. The maximum Gasteiger partial charge on any atom is 0.143 e. The Kier molecular flexibility index (Phi) is 6.88. The van der Waals surface area contributed by atoms with Crippen molar-refractivity contribution in [2.75, 3.05) is 38.6 Å². The van der Waals surface area contributed by atoms with Gasteiger partial charge in [-0.05, 0) is 92.0 Å². The van der Waals surface area contributed by atoms with Gasteiger partial charge in [0.25, 0.3) is 0 Å². The molecule has 6 heteroatoms. The van der Waals surface area contributed by atoms with E-state index in [0.29, 0.717) is 6.61 Å². The molecule has 0 aliphatic carbocycles. The van der Waals surface area contributed by atoms with E-state index in [1.54, 1.807) is 23.5 Å². The van der Waals surface area contributed by atoms with Gasteiger partial charge in [0.2, 0.25) is 0 Å². The van der Waals surface area contributed by atoms with Crippen molar-refractivity contribution >= 4 is 27.1 Å². The number of likely N-dealkylation sites (tertiary alicyclic amines) is 1. The highest BCUT2D eigenvalue weighted by molar-refractivity contribution is 7.19. The molecule has 1 aliphatic heterocycles. The molecule has 4 aromatic rings. The zero-order valence-corrected chi connectivity index (χ0v) is 20.2. The van der Waals surface area contributed by atoms with Crippen LogP contribution in [-0.2, 0) is 0 Å². The number of aromatic hydroxyl groups is 1. The molecular formula is C28H30N2O3S. The van der Waals surface area contributed by atoms with Crippen molar-refractivity contribution in [3.05, 3.63) is 66.7 Å². The second-order valence-electron chi connectivity index (χ2n) is 8.59. The van der Waals surface area contributed by atoms with Crippen LogP contribution >= 0.6 is 11.3 Å². The number of fused-ring (bicyclic) bond motifs is 1. The quantitative estimate of drug-likeness (QED) is 0.289. The minimum Gasteiger partial charge on any atom is -0.508 e. The summed E-state index contributed by atoms with van der Waals surface area (Å²) in [5, 5.41) is 16.1. The molecule has 2 N–H and O–H groups in total. The Morgan fingerprint density at radius 3 is 2.47 bits per heavy atom. The Labute approximate surface area is 204 Å². The SMILES string of the molecule is CNc1ccc(-c2ccc3cc(O)ccc3c2Oc2ccc(OCCN3CCCCC3)cc2)s1. The molecule has 0 unspecified atom stereocenters. The molecule has 0 bridgehead atoms. The van der Waals surface area contributed by atoms with Crippen LogP contribution in [0.15, 0.2) is 66.7 Å². The number of benzene rings is 3. The van der Waals surface area contributed by atoms with E-state index in [1.165, 1.54) is 32.4 Å². The first kappa shape index (κ1) is 22.6. The fourth-order valence-electron chi connectivity index (χ4n) is 4.41. The number of hydrogen-bond acceptors (Lipinski definition) is 6. The molecule has 0 saturated carbocycles. The minimum absolute atomic E-state index is 0.242. The van der Waals surface area contributed by atoms with E-state index < -0.39 is 0 Å². The number of thiophene rings is 1. The summed E-state index contributed by atoms with van der Waals surface area (Å²) < 4.78 is 12.4. The van der Waals surface area contributed by atoms with Crippen LogP contribution in [0.2, 0.25) is 0 Å². The normalized spacial score (nSPS) is 14.3. The van der Waals surface area contributed by atoms with Gasteiger partial charge in [-0.15, -0.1) is 11.3 Å². The van der Waals surface area contributed by atoms with Crippen molar-refractivity contribution in [3.63, 3.8) is 0 Å². The summed E-state index contributed by atoms with van der Waals surface area (Å²) >= 11 is 1.68. The third kappa shape index (κ3) is 5.13. The van der Waals surface area contributed by atoms with Gasteiger partial charge in [-0.3, -0.25) is 4.90 Å². The molecule has 3 aromatic carbocycles. The van der Waals surface area contributed by atoms with Crippen LogP contribution in [0.5, 0.6) is 23.0 Å². The number of ether oxygens (including phenoxy) is 2. The van der Waals surface area contributed by atoms with Gasteiger partial charge in [0.1, 0.15) is 29.6 Å². The largest absolute Gasteiger partial charge is 0.508 e. The smallest absolute Gasteiger partial charge is 0.143 e. The van der Waals surface area contributed by atoms with Crippen molar-refractivity contribution < 1.29 is 14.6 Å². The topological polar surface area (TPSA) is 54.0 Å². The zero-order valence-electron chi connectivity index (χ0n) is 19.4. The highest BCUT2D eigenvalue weighted by Crippen LogP contribution is 2.43. The predicted octanol–water partition coefficient (Wildman–Crippen LogP) is 6.97. The lowest BCUT2D eigenvalue weighted by molar-refractivity contribution is 0.183. The van der Waals surface area contributed by atoms with E-state index >= 15 is 0 Å². The molecule has 0 spiro atoms. The number of rotatable bonds is 8. The summed E-state index contributed by atoms with van der Waals surface area (Å²) in [6.45, 7) is 4.03. The van der Waals surface area contributed by atoms with Crippen LogP contribution in [0, 0.1) is 0 Å². The molecule has 5 rings (SSSR count). The maximum atomic E-state index is 9.95. The van der Waals surface area contributed by atoms with Crippen molar-refractivity contribution in [1.29, 1.82) is 0 Å². The van der Waals surface area contributed by atoms with Crippen molar-refractivity contribution in [2.45, 2.75) is 19.3 Å². The van der Waals surface area contributed by atoms with Crippen LogP contribution in [0.25, 0.3) is 21.2 Å². The molecule has 0 radical (unpaired) electrons.